The third kappa shape index (κ3) is 4.20. The van der Waals surface area contributed by atoms with Crippen molar-refractivity contribution in [3.8, 4) is 0 Å². The molecule has 0 saturated heterocycles. The molecule has 0 radical (unpaired) electrons. The van der Waals surface area contributed by atoms with Crippen LogP contribution < -0.4 is 11.0 Å². The third-order valence-corrected chi connectivity index (χ3v) is 3.35. The number of hydrogen-bond acceptors (Lipinski definition) is 3. The van der Waals surface area contributed by atoms with Crippen molar-refractivity contribution < 1.29 is 0 Å². The summed E-state index contributed by atoms with van der Waals surface area (Å²) in [6.07, 6.45) is 3.90. The Kier molecular flexibility index (Phi) is 4.69. The van der Waals surface area contributed by atoms with E-state index in [4.69, 9.17) is 0 Å². The minimum Gasteiger partial charge on any atom is -0.378 e. The fourth-order valence-corrected chi connectivity index (χ4v) is 2.20. The lowest BCUT2D eigenvalue weighted by Crippen LogP contribution is -2.16. The summed E-state index contributed by atoms with van der Waals surface area (Å²) in [6, 6.07) is 19.8. The van der Waals surface area contributed by atoms with Gasteiger partial charge in [-0.05, 0) is 17.7 Å². The van der Waals surface area contributed by atoms with Crippen molar-refractivity contribution in [3.63, 3.8) is 0 Å². The van der Waals surface area contributed by atoms with Gasteiger partial charge in [-0.25, -0.2) is 9.48 Å². The summed E-state index contributed by atoms with van der Waals surface area (Å²) in [5, 5.41) is 7.51. The minimum atomic E-state index is -0.201. The Hall–Kier alpha value is -3.08. The summed E-state index contributed by atoms with van der Waals surface area (Å²) in [6.45, 7) is 0.921. The van der Waals surface area contributed by atoms with E-state index in [1.807, 2.05) is 72.8 Å². The third-order valence-electron chi connectivity index (χ3n) is 3.35. The molecule has 0 unspecified atom stereocenters. The van der Waals surface area contributed by atoms with Crippen LogP contribution in [0.4, 0.5) is 5.69 Å². The predicted octanol–water partition coefficient (Wildman–Crippen LogP) is 2.90. The Labute approximate surface area is 134 Å². The Morgan fingerprint density at radius 1 is 1.04 bits per heavy atom. The highest BCUT2D eigenvalue weighted by molar-refractivity contribution is 5.48. The summed E-state index contributed by atoms with van der Waals surface area (Å²) in [7, 11) is 0. The van der Waals surface area contributed by atoms with E-state index < -0.39 is 0 Å². The molecular weight excluding hydrogens is 288 g/mol. The van der Waals surface area contributed by atoms with Gasteiger partial charge in [-0.1, -0.05) is 60.7 Å². The van der Waals surface area contributed by atoms with Crippen molar-refractivity contribution >= 4 is 11.8 Å². The van der Waals surface area contributed by atoms with Gasteiger partial charge in [0.05, 0.1) is 13.1 Å². The molecule has 116 valence electrons. The van der Waals surface area contributed by atoms with Crippen molar-refractivity contribution in [1.82, 2.24) is 14.8 Å². The highest BCUT2D eigenvalue weighted by atomic mass is 16.1. The van der Waals surface area contributed by atoms with Crippen molar-refractivity contribution in [2.24, 2.45) is 0 Å². The van der Waals surface area contributed by atoms with Gasteiger partial charge < -0.3 is 5.32 Å². The van der Waals surface area contributed by atoms with Crippen LogP contribution in [0.2, 0.25) is 0 Å². The standard InChI is InChI=1S/C18H18N4O/c23-18-20-17(14-19-16-11-5-2-6-12-16)21-22(18)13-7-10-15-8-3-1-4-9-15/h1-12,19H,13-14H2,(H,20,21,23). The largest absolute Gasteiger partial charge is 0.378 e. The smallest absolute Gasteiger partial charge is 0.343 e. The molecule has 0 saturated carbocycles. The molecule has 2 aromatic carbocycles. The van der Waals surface area contributed by atoms with Gasteiger partial charge >= 0.3 is 5.69 Å². The molecule has 0 aliphatic rings. The molecule has 23 heavy (non-hydrogen) atoms. The van der Waals surface area contributed by atoms with Crippen molar-refractivity contribution in [1.29, 1.82) is 0 Å². The Morgan fingerprint density at radius 2 is 1.74 bits per heavy atom. The van der Waals surface area contributed by atoms with Crippen LogP contribution in [-0.4, -0.2) is 14.8 Å². The van der Waals surface area contributed by atoms with Gasteiger partial charge in [0.2, 0.25) is 0 Å². The number of nitrogens with zero attached hydrogens (tertiary/aromatic N) is 2. The van der Waals surface area contributed by atoms with E-state index in [0.717, 1.165) is 11.3 Å². The highest BCUT2D eigenvalue weighted by Crippen LogP contribution is 2.05. The van der Waals surface area contributed by atoms with Crippen molar-refractivity contribution in [3.05, 3.63) is 88.6 Å². The molecule has 5 nitrogen and oxygen atoms in total. The van der Waals surface area contributed by atoms with Crippen LogP contribution in [0.5, 0.6) is 0 Å². The van der Waals surface area contributed by atoms with Gasteiger partial charge in [0.25, 0.3) is 0 Å². The molecule has 3 rings (SSSR count). The number of aromatic amines is 1. The lowest BCUT2D eigenvalue weighted by Gasteiger charge is -2.02. The minimum absolute atomic E-state index is 0.201. The zero-order valence-corrected chi connectivity index (χ0v) is 12.6. The number of benzene rings is 2. The molecule has 3 aromatic rings. The quantitative estimate of drug-likeness (QED) is 0.736. The van der Waals surface area contributed by atoms with Crippen molar-refractivity contribution in [2.45, 2.75) is 13.1 Å². The first-order valence-electron chi connectivity index (χ1n) is 7.48. The molecule has 1 aromatic heterocycles. The van der Waals surface area contributed by atoms with Crippen LogP contribution in [0.25, 0.3) is 6.08 Å². The van der Waals surface area contributed by atoms with Crippen LogP contribution in [0.15, 0.2) is 71.5 Å². The number of para-hydroxylation sites is 1. The van der Waals surface area contributed by atoms with E-state index in [1.54, 1.807) is 0 Å². The fourth-order valence-electron chi connectivity index (χ4n) is 2.20. The number of anilines is 1. The summed E-state index contributed by atoms with van der Waals surface area (Å²) in [4.78, 5) is 14.6. The maximum Gasteiger partial charge on any atom is 0.343 e. The van der Waals surface area contributed by atoms with Crippen LogP contribution in [0, 0.1) is 0 Å². The van der Waals surface area contributed by atoms with Gasteiger partial charge in [-0.15, -0.1) is 0 Å². The maximum atomic E-state index is 11.9. The predicted molar refractivity (Wildman–Crippen MR) is 92.1 cm³/mol. The van der Waals surface area contributed by atoms with Gasteiger partial charge in [-0.3, -0.25) is 4.98 Å². The number of nitrogens with one attached hydrogen (secondary N) is 2. The number of H-pyrrole nitrogens is 1. The molecule has 2 N–H and O–H groups in total. The van der Waals surface area contributed by atoms with E-state index in [2.05, 4.69) is 15.4 Å². The van der Waals surface area contributed by atoms with Gasteiger partial charge in [-0.2, -0.15) is 5.10 Å². The van der Waals surface area contributed by atoms with E-state index in [-0.39, 0.29) is 5.69 Å². The van der Waals surface area contributed by atoms with Gasteiger partial charge in [0, 0.05) is 5.69 Å². The second kappa shape index (κ2) is 7.26. The molecule has 0 atom stereocenters. The normalized spacial score (nSPS) is 11.0. The number of allylic oxidation sites excluding steroid dienone is 1. The fraction of sp³-hybridized carbons (Fsp3) is 0.111. The van der Waals surface area contributed by atoms with Gasteiger partial charge in [0.15, 0.2) is 0 Å². The summed E-state index contributed by atoms with van der Waals surface area (Å²) in [5.41, 5.74) is 1.89. The number of rotatable bonds is 6. The van der Waals surface area contributed by atoms with E-state index >= 15 is 0 Å². The van der Waals surface area contributed by atoms with Gasteiger partial charge in [0.1, 0.15) is 5.82 Å². The average Bonchev–Trinajstić information content (AvgIpc) is 2.95. The zero-order chi connectivity index (χ0) is 15.9. The molecule has 0 aliphatic carbocycles. The lowest BCUT2D eigenvalue weighted by molar-refractivity contribution is 0.665. The Morgan fingerprint density at radius 3 is 2.48 bits per heavy atom. The highest BCUT2D eigenvalue weighted by Gasteiger charge is 2.03. The average molecular weight is 306 g/mol. The van der Waals surface area contributed by atoms with E-state index in [9.17, 15) is 4.79 Å². The monoisotopic (exact) mass is 306 g/mol. The lowest BCUT2D eigenvalue weighted by atomic mass is 10.2. The maximum absolute atomic E-state index is 11.9. The summed E-state index contributed by atoms with van der Waals surface area (Å²) >= 11 is 0. The molecule has 0 amide bonds. The molecule has 0 bridgehead atoms. The summed E-state index contributed by atoms with van der Waals surface area (Å²) in [5.74, 6) is 0.618. The Bertz CT molecular complexity index is 819. The van der Waals surface area contributed by atoms with Crippen LogP contribution in [-0.2, 0) is 13.1 Å². The topological polar surface area (TPSA) is 62.7 Å². The first-order chi connectivity index (χ1) is 11.3. The van der Waals surface area contributed by atoms with E-state index in [1.165, 1.54) is 4.68 Å². The van der Waals surface area contributed by atoms with E-state index in [0.29, 0.717) is 18.9 Å². The first-order valence-corrected chi connectivity index (χ1v) is 7.48. The number of aromatic nitrogens is 3. The Balaban J connectivity index is 1.60. The zero-order valence-electron chi connectivity index (χ0n) is 12.6. The number of hydrogen-bond donors (Lipinski definition) is 2. The second-order valence-electron chi connectivity index (χ2n) is 5.09. The molecule has 0 fully saturated rings. The molecule has 5 heteroatoms. The molecule has 0 aliphatic heterocycles. The van der Waals surface area contributed by atoms with Crippen LogP contribution >= 0.6 is 0 Å². The first kappa shape index (κ1) is 14.8. The molecular formula is C18H18N4O. The SMILES string of the molecule is O=c1[nH]c(CNc2ccccc2)nn1CC=Cc1ccccc1. The van der Waals surface area contributed by atoms with Crippen molar-refractivity contribution in [2.75, 3.05) is 5.32 Å². The summed E-state index contributed by atoms with van der Waals surface area (Å²) < 4.78 is 1.42. The van der Waals surface area contributed by atoms with Crippen LogP contribution in [0.1, 0.15) is 11.4 Å². The molecule has 0 spiro atoms. The second-order valence-corrected chi connectivity index (χ2v) is 5.09. The molecule has 1 heterocycles. The van der Waals surface area contributed by atoms with Crippen LogP contribution in [0.3, 0.4) is 0 Å².